The first-order valence-corrected chi connectivity index (χ1v) is 8.22. The molecule has 2 aromatic carbocycles. The van der Waals surface area contributed by atoms with E-state index in [1.54, 1.807) is 12.5 Å². The molecule has 0 saturated carbocycles. The highest BCUT2D eigenvalue weighted by molar-refractivity contribution is 6.31. The summed E-state index contributed by atoms with van der Waals surface area (Å²) in [4.78, 5) is 12.7. The number of rotatable bonds is 4. The molecular weight excluding hydrogens is 332 g/mol. The van der Waals surface area contributed by atoms with Crippen molar-refractivity contribution in [2.75, 3.05) is 5.32 Å². The summed E-state index contributed by atoms with van der Waals surface area (Å²) < 4.78 is 0. The van der Waals surface area contributed by atoms with Crippen LogP contribution in [0.1, 0.15) is 11.1 Å². The number of pyridine rings is 1. The van der Waals surface area contributed by atoms with E-state index in [0.717, 1.165) is 40.0 Å². The van der Waals surface area contributed by atoms with Crippen molar-refractivity contribution in [3.63, 3.8) is 0 Å². The van der Waals surface area contributed by atoms with Gasteiger partial charge < -0.3 is 5.32 Å². The third-order valence-electron chi connectivity index (χ3n) is 3.91. The molecule has 1 N–H and O–H groups in total. The highest BCUT2D eigenvalue weighted by Gasteiger charge is 2.07. The van der Waals surface area contributed by atoms with Gasteiger partial charge in [-0.05, 0) is 47.5 Å². The van der Waals surface area contributed by atoms with Crippen molar-refractivity contribution in [2.24, 2.45) is 0 Å². The standard InChI is InChI=1S/C20H14ClN4/c21-18-11-16(8-7-15(18)10-14-4-3-9-22-12-14)25-20-17-5-1-2-6-19(17)23-13-24-20/h2-9,11-13H,10H2,(H,23,24,25). The fourth-order valence-electron chi connectivity index (χ4n) is 2.67. The van der Waals surface area contributed by atoms with Gasteiger partial charge in [-0.1, -0.05) is 29.8 Å². The Morgan fingerprint density at radius 1 is 1.12 bits per heavy atom. The van der Waals surface area contributed by atoms with E-state index in [1.807, 2.05) is 54.7 Å². The van der Waals surface area contributed by atoms with E-state index in [-0.39, 0.29) is 0 Å². The summed E-state index contributed by atoms with van der Waals surface area (Å²) in [6, 6.07) is 18.6. The largest absolute Gasteiger partial charge is 0.340 e. The number of fused-ring (bicyclic) bond motifs is 1. The second kappa shape index (κ2) is 6.87. The highest BCUT2D eigenvalue weighted by atomic mass is 35.5. The van der Waals surface area contributed by atoms with Gasteiger partial charge in [0.25, 0.3) is 0 Å². The van der Waals surface area contributed by atoms with E-state index in [2.05, 4.69) is 26.3 Å². The summed E-state index contributed by atoms with van der Waals surface area (Å²) in [6.07, 6.45) is 5.91. The first kappa shape index (κ1) is 15.5. The molecule has 0 fully saturated rings. The van der Waals surface area contributed by atoms with Crippen molar-refractivity contribution < 1.29 is 0 Å². The van der Waals surface area contributed by atoms with Crippen LogP contribution in [0.3, 0.4) is 0 Å². The predicted octanol–water partition coefficient (Wildman–Crippen LogP) is 4.81. The molecule has 0 unspecified atom stereocenters. The number of hydrogen-bond acceptors (Lipinski definition) is 4. The number of nitrogens with one attached hydrogen (secondary N) is 1. The van der Waals surface area contributed by atoms with Crippen LogP contribution in [0, 0.1) is 6.07 Å². The number of nitrogens with zero attached hydrogens (tertiary/aromatic N) is 3. The average Bonchev–Trinajstić information content (AvgIpc) is 2.65. The van der Waals surface area contributed by atoms with Crippen molar-refractivity contribution in [3.8, 4) is 0 Å². The van der Waals surface area contributed by atoms with Gasteiger partial charge in [0.05, 0.1) is 5.52 Å². The first-order chi connectivity index (χ1) is 12.3. The molecule has 0 spiro atoms. The molecule has 4 rings (SSSR count). The Bertz CT molecular complexity index is 1010. The SMILES string of the molecule is Clc1cc(Nc2ncnc3cc[c]cc23)ccc1Cc1cccnc1. The lowest BCUT2D eigenvalue weighted by atomic mass is 10.1. The maximum atomic E-state index is 6.46. The van der Waals surface area contributed by atoms with Crippen LogP contribution in [-0.4, -0.2) is 15.0 Å². The predicted molar refractivity (Wildman–Crippen MR) is 100 cm³/mol. The fourth-order valence-corrected chi connectivity index (χ4v) is 2.92. The number of aromatic nitrogens is 3. The topological polar surface area (TPSA) is 50.7 Å². The van der Waals surface area contributed by atoms with Gasteiger partial charge in [0.2, 0.25) is 0 Å². The summed E-state index contributed by atoms with van der Waals surface area (Å²) in [7, 11) is 0. The molecule has 0 bridgehead atoms. The van der Waals surface area contributed by atoms with Crippen LogP contribution in [0.4, 0.5) is 11.5 Å². The van der Waals surface area contributed by atoms with Crippen molar-refractivity contribution in [1.29, 1.82) is 0 Å². The van der Waals surface area contributed by atoms with E-state index in [4.69, 9.17) is 11.6 Å². The lowest BCUT2D eigenvalue weighted by Crippen LogP contribution is -1.97. The Kier molecular flexibility index (Phi) is 4.27. The molecule has 0 aliphatic carbocycles. The zero-order valence-corrected chi connectivity index (χ0v) is 14.0. The summed E-state index contributed by atoms with van der Waals surface area (Å²) in [5, 5.41) is 4.94. The minimum atomic E-state index is 0.707. The van der Waals surface area contributed by atoms with E-state index >= 15 is 0 Å². The maximum absolute atomic E-state index is 6.46. The summed E-state index contributed by atoms with van der Waals surface area (Å²) >= 11 is 6.46. The molecule has 1 radical (unpaired) electrons. The van der Waals surface area contributed by atoms with Gasteiger partial charge in [0.15, 0.2) is 0 Å². The van der Waals surface area contributed by atoms with Crippen LogP contribution in [0.15, 0.2) is 67.3 Å². The molecule has 0 aliphatic heterocycles. The van der Waals surface area contributed by atoms with Gasteiger partial charge in [0.1, 0.15) is 12.1 Å². The van der Waals surface area contributed by atoms with Crippen LogP contribution < -0.4 is 5.32 Å². The summed E-state index contributed by atoms with van der Waals surface area (Å²) in [5.74, 6) is 0.734. The average molecular weight is 346 g/mol. The van der Waals surface area contributed by atoms with Crippen molar-refractivity contribution in [1.82, 2.24) is 15.0 Å². The van der Waals surface area contributed by atoms with Crippen LogP contribution in [0.25, 0.3) is 10.9 Å². The number of anilines is 2. The minimum absolute atomic E-state index is 0.707. The van der Waals surface area contributed by atoms with Crippen LogP contribution in [-0.2, 0) is 6.42 Å². The van der Waals surface area contributed by atoms with Gasteiger partial charge in [-0.2, -0.15) is 0 Å². The van der Waals surface area contributed by atoms with Crippen molar-refractivity contribution in [2.45, 2.75) is 6.42 Å². The molecule has 4 nitrogen and oxygen atoms in total. The van der Waals surface area contributed by atoms with E-state index in [9.17, 15) is 0 Å². The number of benzene rings is 2. The van der Waals surface area contributed by atoms with Gasteiger partial charge in [-0.15, -0.1) is 0 Å². The molecule has 0 atom stereocenters. The normalized spacial score (nSPS) is 10.8. The number of hydrogen-bond donors (Lipinski definition) is 1. The van der Waals surface area contributed by atoms with Gasteiger partial charge in [-0.25, -0.2) is 9.97 Å². The molecule has 25 heavy (non-hydrogen) atoms. The van der Waals surface area contributed by atoms with Gasteiger partial charge in [-0.3, -0.25) is 4.98 Å². The fraction of sp³-hybridized carbons (Fsp3) is 0.0500. The lowest BCUT2D eigenvalue weighted by molar-refractivity contribution is 1.14. The van der Waals surface area contributed by atoms with Crippen molar-refractivity contribution in [3.05, 3.63) is 89.5 Å². The first-order valence-electron chi connectivity index (χ1n) is 7.85. The molecular formula is C20H14ClN4. The van der Waals surface area contributed by atoms with Gasteiger partial charge >= 0.3 is 0 Å². The second-order valence-electron chi connectivity index (χ2n) is 5.63. The lowest BCUT2D eigenvalue weighted by Gasteiger charge is -2.10. The smallest absolute Gasteiger partial charge is 0.141 e. The Hall–Kier alpha value is -2.98. The molecule has 121 valence electrons. The minimum Gasteiger partial charge on any atom is -0.340 e. The van der Waals surface area contributed by atoms with Crippen LogP contribution >= 0.6 is 11.6 Å². The molecule has 2 heterocycles. The maximum Gasteiger partial charge on any atom is 0.141 e. The third-order valence-corrected chi connectivity index (χ3v) is 4.26. The summed E-state index contributed by atoms with van der Waals surface area (Å²) in [5.41, 5.74) is 3.93. The van der Waals surface area contributed by atoms with E-state index in [0.29, 0.717) is 5.02 Å². The Morgan fingerprint density at radius 2 is 2.08 bits per heavy atom. The van der Waals surface area contributed by atoms with Gasteiger partial charge in [0, 0.05) is 34.9 Å². The Labute approximate surface area is 150 Å². The number of halogens is 1. The molecule has 0 saturated heterocycles. The summed E-state index contributed by atoms with van der Waals surface area (Å²) in [6.45, 7) is 0. The zero-order chi connectivity index (χ0) is 17.1. The molecule has 0 amide bonds. The van der Waals surface area contributed by atoms with Crippen molar-refractivity contribution >= 4 is 34.0 Å². The quantitative estimate of drug-likeness (QED) is 0.576. The van der Waals surface area contributed by atoms with Crippen LogP contribution in [0.2, 0.25) is 5.02 Å². The molecule has 4 aromatic rings. The van der Waals surface area contributed by atoms with E-state index < -0.39 is 0 Å². The Morgan fingerprint density at radius 3 is 2.92 bits per heavy atom. The second-order valence-corrected chi connectivity index (χ2v) is 6.04. The monoisotopic (exact) mass is 345 g/mol. The Balaban J connectivity index is 1.60. The van der Waals surface area contributed by atoms with E-state index in [1.165, 1.54) is 0 Å². The highest BCUT2D eigenvalue weighted by Crippen LogP contribution is 2.27. The zero-order valence-electron chi connectivity index (χ0n) is 13.3. The molecule has 2 aromatic heterocycles. The van der Waals surface area contributed by atoms with Crippen LogP contribution in [0.5, 0.6) is 0 Å². The molecule has 5 heteroatoms. The molecule has 0 aliphatic rings. The third kappa shape index (κ3) is 3.44.